The lowest BCUT2D eigenvalue weighted by atomic mass is 10.0. The molecular formula is C17H26N4O2. The molecule has 0 aromatic heterocycles. The Hall–Kier alpha value is -1.92. The smallest absolute Gasteiger partial charge is 0.292 e. The van der Waals surface area contributed by atoms with Gasteiger partial charge in [0, 0.05) is 24.7 Å². The van der Waals surface area contributed by atoms with E-state index < -0.39 is 4.92 Å². The van der Waals surface area contributed by atoms with E-state index in [2.05, 4.69) is 23.7 Å². The van der Waals surface area contributed by atoms with E-state index in [4.69, 9.17) is 5.73 Å². The molecule has 1 aromatic carbocycles. The van der Waals surface area contributed by atoms with Gasteiger partial charge in [-0.2, -0.15) is 0 Å². The molecule has 0 aliphatic carbocycles. The standard InChI is InChI=1S/C17H26N4O2/c1-12(2)11-20-8-6-15(7-9-20)19-13(3)14-4-5-16(18)17(10-14)21(22)23/h4-5,10,13,15,19H,1,6-9,11,18H2,2-3H3. The van der Waals surface area contributed by atoms with Crippen LogP contribution < -0.4 is 11.1 Å². The first-order chi connectivity index (χ1) is 10.9. The molecule has 0 radical (unpaired) electrons. The molecule has 0 bridgehead atoms. The number of nitro groups is 1. The molecule has 1 heterocycles. The van der Waals surface area contributed by atoms with Gasteiger partial charge in [0.05, 0.1) is 4.92 Å². The molecule has 1 aromatic rings. The Balaban J connectivity index is 1.93. The van der Waals surface area contributed by atoms with Crippen molar-refractivity contribution in [1.82, 2.24) is 10.2 Å². The molecule has 2 rings (SSSR count). The summed E-state index contributed by atoms with van der Waals surface area (Å²) in [5, 5.41) is 14.6. The largest absolute Gasteiger partial charge is 0.393 e. The van der Waals surface area contributed by atoms with Crippen molar-refractivity contribution in [2.45, 2.75) is 38.8 Å². The van der Waals surface area contributed by atoms with E-state index in [9.17, 15) is 10.1 Å². The number of piperidine rings is 1. The highest BCUT2D eigenvalue weighted by Crippen LogP contribution is 2.26. The number of nitro benzene ring substituents is 1. The van der Waals surface area contributed by atoms with Crippen LogP contribution in [0.25, 0.3) is 0 Å². The summed E-state index contributed by atoms with van der Waals surface area (Å²) in [6.45, 7) is 11.1. The van der Waals surface area contributed by atoms with Gasteiger partial charge in [-0.15, -0.1) is 0 Å². The zero-order chi connectivity index (χ0) is 17.0. The summed E-state index contributed by atoms with van der Waals surface area (Å²) in [5.74, 6) is 0. The van der Waals surface area contributed by atoms with Gasteiger partial charge in [0.15, 0.2) is 0 Å². The third-order valence-electron chi connectivity index (χ3n) is 4.32. The Labute approximate surface area is 137 Å². The average molecular weight is 318 g/mol. The maximum Gasteiger partial charge on any atom is 0.292 e. The second kappa shape index (κ2) is 7.57. The van der Waals surface area contributed by atoms with Gasteiger partial charge in [-0.1, -0.05) is 18.2 Å². The van der Waals surface area contributed by atoms with Gasteiger partial charge in [-0.25, -0.2) is 0 Å². The minimum absolute atomic E-state index is 0.0209. The highest BCUT2D eigenvalue weighted by molar-refractivity contribution is 5.59. The van der Waals surface area contributed by atoms with Crippen LogP contribution in [0.15, 0.2) is 30.4 Å². The highest BCUT2D eigenvalue weighted by Gasteiger charge is 2.22. The molecule has 1 saturated heterocycles. The second-order valence-corrected chi connectivity index (χ2v) is 6.47. The number of nitrogens with zero attached hydrogens (tertiary/aromatic N) is 2. The van der Waals surface area contributed by atoms with E-state index in [1.165, 1.54) is 5.57 Å². The van der Waals surface area contributed by atoms with Crippen LogP contribution in [0.3, 0.4) is 0 Å². The zero-order valence-corrected chi connectivity index (χ0v) is 13.9. The molecule has 0 spiro atoms. The monoisotopic (exact) mass is 318 g/mol. The fraction of sp³-hybridized carbons (Fsp3) is 0.529. The molecule has 1 aliphatic heterocycles. The molecule has 3 N–H and O–H groups in total. The van der Waals surface area contributed by atoms with E-state index in [1.807, 2.05) is 13.0 Å². The number of hydrogen-bond acceptors (Lipinski definition) is 5. The zero-order valence-electron chi connectivity index (χ0n) is 13.9. The molecule has 6 nitrogen and oxygen atoms in total. The molecule has 1 fully saturated rings. The SMILES string of the molecule is C=C(C)CN1CCC(NC(C)c2ccc(N)c([N+](=O)[O-])c2)CC1. The summed E-state index contributed by atoms with van der Waals surface area (Å²) in [5.41, 5.74) is 7.93. The van der Waals surface area contributed by atoms with Crippen molar-refractivity contribution in [3.05, 3.63) is 46.0 Å². The fourth-order valence-electron chi connectivity index (χ4n) is 3.08. The van der Waals surface area contributed by atoms with Crippen LogP contribution in [0.4, 0.5) is 11.4 Å². The minimum atomic E-state index is -0.429. The van der Waals surface area contributed by atoms with Crippen molar-refractivity contribution in [2.24, 2.45) is 0 Å². The molecule has 126 valence electrons. The lowest BCUT2D eigenvalue weighted by Crippen LogP contribution is -2.43. The topological polar surface area (TPSA) is 84.4 Å². The summed E-state index contributed by atoms with van der Waals surface area (Å²) in [6.07, 6.45) is 2.16. The number of nitrogens with two attached hydrogens (primary N) is 1. The van der Waals surface area contributed by atoms with Crippen LogP contribution in [-0.4, -0.2) is 35.5 Å². The van der Waals surface area contributed by atoms with Crippen LogP contribution >= 0.6 is 0 Å². The fourth-order valence-corrected chi connectivity index (χ4v) is 3.08. The third kappa shape index (κ3) is 4.77. The van der Waals surface area contributed by atoms with E-state index in [0.29, 0.717) is 6.04 Å². The van der Waals surface area contributed by atoms with E-state index in [-0.39, 0.29) is 17.4 Å². The van der Waals surface area contributed by atoms with Crippen LogP contribution in [0.5, 0.6) is 0 Å². The van der Waals surface area contributed by atoms with Crippen LogP contribution in [0, 0.1) is 10.1 Å². The van der Waals surface area contributed by atoms with Gasteiger partial charge in [0.1, 0.15) is 5.69 Å². The van der Waals surface area contributed by atoms with Crippen molar-refractivity contribution in [3.63, 3.8) is 0 Å². The van der Waals surface area contributed by atoms with E-state index in [0.717, 1.165) is 38.0 Å². The average Bonchev–Trinajstić information content (AvgIpc) is 2.48. The van der Waals surface area contributed by atoms with Crippen molar-refractivity contribution >= 4 is 11.4 Å². The Morgan fingerprint density at radius 2 is 2.17 bits per heavy atom. The summed E-state index contributed by atoms with van der Waals surface area (Å²) in [4.78, 5) is 13.0. The Morgan fingerprint density at radius 1 is 1.52 bits per heavy atom. The van der Waals surface area contributed by atoms with Crippen LogP contribution in [0.1, 0.15) is 38.3 Å². The number of hydrogen-bond donors (Lipinski definition) is 2. The van der Waals surface area contributed by atoms with Gasteiger partial charge in [0.2, 0.25) is 0 Å². The van der Waals surface area contributed by atoms with Crippen molar-refractivity contribution in [1.29, 1.82) is 0 Å². The van der Waals surface area contributed by atoms with Crippen molar-refractivity contribution < 1.29 is 4.92 Å². The number of nitrogens with one attached hydrogen (secondary N) is 1. The summed E-state index contributed by atoms with van der Waals surface area (Å²) < 4.78 is 0. The predicted octanol–water partition coefficient (Wildman–Crippen LogP) is 2.87. The molecule has 1 unspecified atom stereocenters. The van der Waals surface area contributed by atoms with Gasteiger partial charge in [-0.3, -0.25) is 15.0 Å². The third-order valence-corrected chi connectivity index (χ3v) is 4.32. The maximum atomic E-state index is 11.0. The van der Waals surface area contributed by atoms with Crippen LogP contribution in [-0.2, 0) is 0 Å². The molecule has 1 aliphatic rings. The summed E-state index contributed by atoms with van der Waals surface area (Å²) in [7, 11) is 0. The van der Waals surface area contributed by atoms with Crippen molar-refractivity contribution in [3.8, 4) is 0 Å². The molecule has 6 heteroatoms. The number of anilines is 1. The number of rotatable bonds is 6. The normalized spacial score (nSPS) is 17.8. The molecule has 0 saturated carbocycles. The van der Waals surface area contributed by atoms with Gasteiger partial charge in [-0.05, 0) is 51.4 Å². The lowest BCUT2D eigenvalue weighted by Gasteiger charge is -2.34. The number of benzene rings is 1. The first-order valence-corrected chi connectivity index (χ1v) is 8.03. The first-order valence-electron chi connectivity index (χ1n) is 8.03. The summed E-state index contributed by atoms with van der Waals surface area (Å²) in [6, 6.07) is 5.54. The molecule has 0 amide bonds. The highest BCUT2D eigenvalue weighted by atomic mass is 16.6. The predicted molar refractivity (Wildman–Crippen MR) is 93.3 cm³/mol. The van der Waals surface area contributed by atoms with E-state index in [1.54, 1.807) is 12.1 Å². The number of nitrogen functional groups attached to an aromatic ring is 1. The van der Waals surface area contributed by atoms with Gasteiger partial charge in [0.25, 0.3) is 5.69 Å². The first kappa shape index (κ1) is 17.4. The Kier molecular flexibility index (Phi) is 5.74. The summed E-state index contributed by atoms with van der Waals surface area (Å²) >= 11 is 0. The quantitative estimate of drug-likeness (QED) is 0.365. The molecule has 1 atom stereocenters. The maximum absolute atomic E-state index is 11.0. The van der Waals surface area contributed by atoms with Gasteiger partial charge < -0.3 is 11.1 Å². The molecule has 23 heavy (non-hydrogen) atoms. The van der Waals surface area contributed by atoms with Gasteiger partial charge >= 0.3 is 0 Å². The Bertz CT molecular complexity index is 580. The lowest BCUT2D eigenvalue weighted by molar-refractivity contribution is -0.384. The van der Waals surface area contributed by atoms with Crippen molar-refractivity contribution in [2.75, 3.05) is 25.4 Å². The van der Waals surface area contributed by atoms with Crippen LogP contribution in [0.2, 0.25) is 0 Å². The second-order valence-electron chi connectivity index (χ2n) is 6.47. The molecular weight excluding hydrogens is 292 g/mol. The van der Waals surface area contributed by atoms with E-state index >= 15 is 0 Å². The minimum Gasteiger partial charge on any atom is -0.393 e. The number of likely N-dealkylation sites (tertiary alicyclic amines) is 1. The Morgan fingerprint density at radius 3 is 2.74 bits per heavy atom.